The largest absolute Gasteiger partial charge is 0.394 e. The average molecular weight is 538 g/mol. The highest BCUT2D eigenvalue weighted by Crippen LogP contribution is 2.32. The molecule has 3 N–H and O–H groups in total. The fourth-order valence-corrected chi connectivity index (χ4v) is 3.97. The molecule has 0 spiro atoms. The molecule has 38 heavy (non-hydrogen) atoms. The third-order valence-corrected chi connectivity index (χ3v) is 5.75. The fourth-order valence-electron chi connectivity index (χ4n) is 3.97. The predicted octanol–water partition coefficient (Wildman–Crippen LogP) is -0.425. The van der Waals surface area contributed by atoms with Crippen LogP contribution in [0.1, 0.15) is 33.6 Å². The molecule has 2 aliphatic rings. The summed E-state index contributed by atoms with van der Waals surface area (Å²) in [7, 11) is 0. The number of aliphatic hydroxyl groups excluding tert-OH is 1. The Hall–Kier alpha value is -2.94. The van der Waals surface area contributed by atoms with E-state index in [0.29, 0.717) is 78.3 Å². The summed E-state index contributed by atoms with van der Waals surface area (Å²) in [5.41, 5.74) is 0.917. The van der Waals surface area contributed by atoms with Crippen LogP contribution in [0.3, 0.4) is 0 Å². The summed E-state index contributed by atoms with van der Waals surface area (Å²) in [6.07, 6.45) is 0.180. The smallest absolute Gasteiger partial charge is 0.264 e. The summed E-state index contributed by atoms with van der Waals surface area (Å²) in [4.78, 5) is 50.5. The molecule has 0 bridgehead atoms. The molecular formula is C25H35N3O10. The Morgan fingerprint density at radius 3 is 1.97 bits per heavy atom. The number of rotatable bonds is 19. The van der Waals surface area contributed by atoms with Crippen LogP contribution in [0.2, 0.25) is 0 Å². The third kappa shape index (κ3) is 8.55. The van der Waals surface area contributed by atoms with Crippen LogP contribution in [0, 0.1) is 0 Å². The zero-order chi connectivity index (χ0) is 27.2. The van der Waals surface area contributed by atoms with Gasteiger partial charge in [-0.3, -0.25) is 29.4 Å². The highest BCUT2D eigenvalue weighted by molar-refractivity contribution is 6.25. The van der Waals surface area contributed by atoms with E-state index < -0.39 is 29.7 Å². The van der Waals surface area contributed by atoms with E-state index in [1.807, 2.05) is 0 Å². The molecule has 210 valence electrons. The number of anilines is 1. The second kappa shape index (κ2) is 16.1. The predicted molar refractivity (Wildman–Crippen MR) is 133 cm³/mol. The molecule has 0 saturated carbocycles. The summed E-state index contributed by atoms with van der Waals surface area (Å²) in [5, 5.41) is 13.9. The van der Waals surface area contributed by atoms with Gasteiger partial charge in [-0.25, -0.2) is 0 Å². The standard InChI is InChI=1S/C25H35N3O10/c29-7-9-35-11-13-37-15-17-38-16-14-36-12-10-34-8-6-26-19-3-1-2-18-22(19)25(33)28(24(18)32)20-4-5-21(30)27-23(20)31/h1-3,20,26,29H,4-17H2,(H,27,30,31). The Morgan fingerprint density at radius 1 is 0.816 bits per heavy atom. The second-order valence-electron chi connectivity index (χ2n) is 8.39. The molecule has 1 aromatic carbocycles. The van der Waals surface area contributed by atoms with Crippen LogP contribution < -0.4 is 10.6 Å². The number of aliphatic hydroxyl groups is 1. The van der Waals surface area contributed by atoms with E-state index >= 15 is 0 Å². The molecule has 1 fully saturated rings. The Bertz CT molecular complexity index is 957. The van der Waals surface area contributed by atoms with Crippen LogP contribution in [-0.4, -0.2) is 119 Å². The highest BCUT2D eigenvalue weighted by Gasteiger charge is 2.45. The lowest BCUT2D eigenvalue weighted by Crippen LogP contribution is -2.54. The van der Waals surface area contributed by atoms with Crippen molar-refractivity contribution in [3.05, 3.63) is 29.3 Å². The zero-order valence-corrected chi connectivity index (χ0v) is 21.3. The number of carbonyl (C=O) groups is 4. The van der Waals surface area contributed by atoms with Crippen LogP contribution in [0.4, 0.5) is 5.69 Å². The van der Waals surface area contributed by atoms with Crippen molar-refractivity contribution in [1.82, 2.24) is 10.2 Å². The van der Waals surface area contributed by atoms with Crippen molar-refractivity contribution in [1.29, 1.82) is 0 Å². The van der Waals surface area contributed by atoms with Crippen molar-refractivity contribution in [3.8, 4) is 0 Å². The molecule has 1 unspecified atom stereocenters. The van der Waals surface area contributed by atoms with Crippen molar-refractivity contribution < 1.29 is 48.0 Å². The Kier molecular flexibility index (Phi) is 12.6. The van der Waals surface area contributed by atoms with Crippen molar-refractivity contribution in [2.75, 3.05) is 84.5 Å². The molecule has 3 rings (SSSR count). The second-order valence-corrected chi connectivity index (χ2v) is 8.39. The van der Waals surface area contributed by atoms with Gasteiger partial charge in [-0.1, -0.05) is 6.07 Å². The molecule has 2 heterocycles. The molecule has 4 amide bonds. The van der Waals surface area contributed by atoms with Crippen LogP contribution >= 0.6 is 0 Å². The summed E-state index contributed by atoms with van der Waals surface area (Å²) in [5.74, 6) is -2.16. The monoisotopic (exact) mass is 537 g/mol. The molecule has 0 aromatic heterocycles. The summed E-state index contributed by atoms with van der Waals surface area (Å²) in [6.45, 7) is 4.50. The minimum atomic E-state index is -1.00. The lowest BCUT2D eigenvalue weighted by atomic mass is 10.0. The van der Waals surface area contributed by atoms with Gasteiger partial charge in [-0.05, 0) is 18.6 Å². The number of carbonyl (C=O) groups excluding carboxylic acids is 4. The van der Waals surface area contributed by atoms with Crippen LogP contribution in [0.5, 0.6) is 0 Å². The maximum absolute atomic E-state index is 13.1. The van der Waals surface area contributed by atoms with Gasteiger partial charge in [0.25, 0.3) is 11.8 Å². The summed E-state index contributed by atoms with van der Waals surface area (Å²) < 4.78 is 26.8. The van der Waals surface area contributed by atoms with E-state index in [-0.39, 0.29) is 30.6 Å². The van der Waals surface area contributed by atoms with E-state index in [0.717, 1.165) is 4.90 Å². The van der Waals surface area contributed by atoms with Crippen molar-refractivity contribution in [3.63, 3.8) is 0 Å². The number of fused-ring (bicyclic) bond motifs is 1. The molecule has 1 aromatic rings. The van der Waals surface area contributed by atoms with Gasteiger partial charge in [-0.15, -0.1) is 0 Å². The number of imide groups is 2. The first-order valence-corrected chi connectivity index (χ1v) is 12.6. The minimum Gasteiger partial charge on any atom is -0.394 e. The summed E-state index contributed by atoms with van der Waals surface area (Å²) in [6, 6.07) is 3.90. The molecule has 1 atom stereocenters. The molecular weight excluding hydrogens is 502 g/mol. The number of piperidine rings is 1. The van der Waals surface area contributed by atoms with Gasteiger partial charge in [0.15, 0.2) is 0 Å². The number of hydrogen-bond donors (Lipinski definition) is 3. The summed E-state index contributed by atoms with van der Waals surface area (Å²) >= 11 is 0. The molecule has 2 aliphatic heterocycles. The molecule has 1 saturated heterocycles. The van der Waals surface area contributed by atoms with Crippen LogP contribution in [-0.2, 0) is 33.3 Å². The third-order valence-electron chi connectivity index (χ3n) is 5.75. The zero-order valence-electron chi connectivity index (χ0n) is 21.3. The lowest BCUT2D eigenvalue weighted by molar-refractivity contribution is -0.136. The number of benzene rings is 1. The number of ether oxygens (including phenoxy) is 5. The SMILES string of the molecule is O=C1CCC(N2C(=O)c3cccc(NCCOCCOCCOCCOCCOCCO)c3C2=O)C(=O)N1. The molecule has 0 aliphatic carbocycles. The van der Waals surface area contributed by atoms with Crippen molar-refractivity contribution >= 4 is 29.3 Å². The number of hydrogen-bond acceptors (Lipinski definition) is 11. The number of nitrogens with one attached hydrogen (secondary N) is 2. The normalized spacial score (nSPS) is 17.2. The minimum absolute atomic E-state index is 0.000312. The van der Waals surface area contributed by atoms with Crippen LogP contribution in [0.25, 0.3) is 0 Å². The first kappa shape index (κ1) is 29.6. The Balaban J connectivity index is 1.26. The fraction of sp³-hybridized carbons (Fsp3) is 0.600. The van der Waals surface area contributed by atoms with E-state index in [1.54, 1.807) is 18.2 Å². The van der Waals surface area contributed by atoms with Gasteiger partial charge in [0.2, 0.25) is 11.8 Å². The number of amides is 4. The van der Waals surface area contributed by atoms with E-state index in [2.05, 4.69) is 10.6 Å². The van der Waals surface area contributed by atoms with E-state index in [9.17, 15) is 19.2 Å². The Morgan fingerprint density at radius 2 is 1.39 bits per heavy atom. The topological polar surface area (TPSA) is 162 Å². The lowest BCUT2D eigenvalue weighted by Gasteiger charge is -2.27. The maximum Gasteiger partial charge on any atom is 0.264 e. The van der Waals surface area contributed by atoms with Gasteiger partial charge in [0.1, 0.15) is 6.04 Å². The van der Waals surface area contributed by atoms with E-state index in [1.165, 1.54) is 0 Å². The van der Waals surface area contributed by atoms with Crippen molar-refractivity contribution in [2.24, 2.45) is 0 Å². The van der Waals surface area contributed by atoms with Gasteiger partial charge in [-0.2, -0.15) is 0 Å². The first-order valence-electron chi connectivity index (χ1n) is 12.6. The molecule has 13 nitrogen and oxygen atoms in total. The molecule has 13 heteroatoms. The van der Waals surface area contributed by atoms with E-state index in [4.69, 9.17) is 28.8 Å². The average Bonchev–Trinajstić information content (AvgIpc) is 3.16. The quantitative estimate of drug-likeness (QED) is 0.155. The van der Waals surface area contributed by atoms with Gasteiger partial charge >= 0.3 is 0 Å². The van der Waals surface area contributed by atoms with Gasteiger partial charge < -0.3 is 34.1 Å². The van der Waals surface area contributed by atoms with Gasteiger partial charge in [0, 0.05) is 18.7 Å². The first-order chi connectivity index (χ1) is 18.5. The molecule has 0 radical (unpaired) electrons. The van der Waals surface area contributed by atoms with Crippen LogP contribution in [0.15, 0.2) is 18.2 Å². The van der Waals surface area contributed by atoms with Gasteiger partial charge in [0.05, 0.1) is 83.8 Å². The maximum atomic E-state index is 13.1. The Labute approximate surface area is 220 Å². The number of nitrogens with zero attached hydrogens (tertiary/aromatic N) is 1. The highest BCUT2D eigenvalue weighted by atomic mass is 16.6. The van der Waals surface area contributed by atoms with Crippen molar-refractivity contribution in [2.45, 2.75) is 18.9 Å².